The Morgan fingerprint density at radius 3 is 2.54 bits per heavy atom. The monoisotopic (exact) mass is 319 g/mol. The lowest BCUT2D eigenvalue weighted by atomic mass is 10.1. The van der Waals surface area contributed by atoms with Gasteiger partial charge in [0.25, 0.3) is 5.91 Å². The van der Waals surface area contributed by atoms with E-state index in [0.29, 0.717) is 0 Å². The lowest BCUT2D eigenvalue weighted by molar-refractivity contribution is -0.122. The fourth-order valence-electron chi connectivity index (χ4n) is 2.74. The molecule has 0 bridgehead atoms. The van der Waals surface area contributed by atoms with Crippen molar-refractivity contribution in [2.45, 2.75) is 26.9 Å². The van der Waals surface area contributed by atoms with Crippen LogP contribution < -0.4 is 10.1 Å². The largest absolute Gasteiger partial charge is 0.481 e. The standard InChI is InChI=1S/C21H21NO2/c1-14-11-12-20(15(2)13-14)24-16(3)21(23)22-19-10-6-8-17-7-4-5-9-18(17)19/h4-13,16H,1-3H3,(H,22,23)/t16-/m0/s1. The Hall–Kier alpha value is -2.81. The van der Waals surface area contributed by atoms with Crippen molar-refractivity contribution in [1.82, 2.24) is 0 Å². The van der Waals surface area contributed by atoms with Gasteiger partial charge in [0.05, 0.1) is 0 Å². The average molecular weight is 319 g/mol. The van der Waals surface area contributed by atoms with Crippen molar-refractivity contribution in [2.24, 2.45) is 0 Å². The Bertz CT molecular complexity index is 881. The van der Waals surface area contributed by atoms with Crippen LogP contribution in [0, 0.1) is 13.8 Å². The number of carbonyl (C=O) groups is 1. The number of hydrogen-bond acceptors (Lipinski definition) is 2. The summed E-state index contributed by atoms with van der Waals surface area (Å²) in [5, 5.41) is 5.09. The van der Waals surface area contributed by atoms with E-state index in [-0.39, 0.29) is 5.91 Å². The molecule has 3 aromatic rings. The highest BCUT2D eigenvalue weighted by molar-refractivity contribution is 6.03. The molecule has 3 aromatic carbocycles. The maximum absolute atomic E-state index is 12.5. The van der Waals surface area contributed by atoms with Crippen LogP contribution in [0.5, 0.6) is 5.75 Å². The van der Waals surface area contributed by atoms with Crippen LogP contribution in [0.2, 0.25) is 0 Å². The highest BCUT2D eigenvalue weighted by atomic mass is 16.5. The molecule has 0 saturated heterocycles. The zero-order valence-electron chi connectivity index (χ0n) is 14.2. The van der Waals surface area contributed by atoms with Crippen LogP contribution >= 0.6 is 0 Å². The third-order valence-corrected chi connectivity index (χ3v) is 4.05. The smallest absolute Gasteiger partial charge is 0.265 e. The number of carbonyl (C=O) groups excluding carboxylic acids is 1. The molecular formula is C21H21NO2. The van der Waals surface area contributed by atoms with Crippen LogP contribution in [0.3, 0.4) is 0 Å². The summed E-state index contributed by atoms with van der Waals surface area (Å²) < 4.78 is 5.83. The molecule has 0 saturated carbocycles. The van der Waals surface area contributed by atoms with Gasteiger partial charge < -0.3 is 10.1 Å². The summed E-state index contributed by atoms with van der Waals surface area (Å²) in [7, 11) is 0. The number of hydrogen-bond donors (Lipinski definition) is 1. The molecular weight excluding hydrogens is 298 g/mol. The van der Waals surface area contributed by atoms with Crippen molar-refractivity contribution < 1.29 is 9.53 Å². The van der Waals surface area contributed by atoms with Crippen LogP contribution in [-0.2, 0) is 4.79 Å². The maximum atomic E-state index is 12.5. The van der Waals surface area contributed by atoms with Gasteiger partial charge in [0.2, 0.25) is 0 Å². The molecule has 3 rings (SSSR count). The second-order valence-electron chi connectivity index (χ2n) is 6.04. The van der Waals surface area contributed by atoms with Crippen LogP contribution in [0.25, 0.3) is 10.8 Å². The minimum atomic E-state index is -0.578. The Morgan fingerprint density at radius 1 is 1.00 bits per heavy atom. The highest BCUT2D eigenvalue weighted by Crippen LogP contribution is 2.24. The van der Waals surface area contributed by atoms with Crippen LogP contribution in [0.4, 0.5) is 5.69 Å². The molecule has 1 atom stereocenters. The number of rotatable bonds is 4. The Kier molecular flexibility index (Phi) is 4.52. The Balaban J connectivity index is 1.76. The third kappa shape index (κ3) is 3.40. The van der Waals surface area contributed by atoms with Crippen molar-refractivity contribution in [3.8, 4) is 5.75 Å². The summed E-state index contributed by atoms with van der Waals surface area (Å²) in [5.74, 6) is 0.576. The SMILES string of the molecule is Cc1ccc(O[C@@H](C)C(=O)Nc2cccc3ccccc23)c(C)c1. The molecule has 0 unspecified atom stereocenters. The van der Waals surface area contributed by atoms with E-state index in [9.17, 15) is 4.79 Å². The van der Waals surface area contributed by atoms with Gasteiger partial charge >= 0.3 is 0 Å². The van der Waals surface area contributed by atoms with E-state index >= 15 is 0 Å². The second kappa shape index (κ2) is 6.75. The molecule has 1 N–H and O–H groups in total. The van der Waals surface area contributed by atoms with E-state index in [1.54, 1.807) is 6.92 Å². The molecule has 1 amide bonds. The number of ether oxygens (including phenoxy) is 1. The normalized spacial score (nSPS) is 12.0. The number of amides is 1. The molecule has 0 aliphatic heterocycles. The summed E-state index contributed by atoms with van der Waals surface area (Å²) in [6, 6.07) is 19.8. The average Bonchev–Trinajstić information content (AvgIpc) is 2.57. The summed E-state index contributed by atoms with van der Waals surface area (Å²) in [6.45, 7) is 5.78. The van der Waals surface area contributed by atoms with Gasteiger partial charge in [-0.05, 0) is 43.9 Å². The molecule has 122 valence electrons. The molecule has 24 heavy (non-hydrogen) atoms. The predicted molar refractivity (Wildman–Crippen MR) is 98.6 cm³/mol. The molecule has 0 heterocycles. The van der Waals surface area contributed by atoms with Gasteiger partial charge in [-0.1, -0.05) is 54.1 Å². The van der Waals surface area contributed by atoms with Crippen molar-refractivity contribution in [1.29, 1.82) is 0 Å². The first kappa shape index (κ1) is 16.1. The maximum Gasteiger partial charge on any atom is 0.265 e. The van der Waals surface area contributed by atoms with Gasteiger partial charge in [0.15, 0.2) is 6.10 Å². The molecule has 0 aliphatic carbocycles. The highest BCUT2D eigenvalue weighted by Gasteiger charge is 2.16. The van der Waals surface area contributed by atoms with Crippen molar-refractivity contribution in [3.63, 3.8) is 0 Å². The van der Waals surface area contributed by atoms with E-state index in [4.69, 9.17) is 4.74 Å². The number of nitrogens with one attached hydrogen (secondary N) is 1. The zero-order valence-corrected chi connectivity index (χ0v) is 14.2. The number of benzene rings is 3. The van der Waals surface area contributed by atoms with Crippen molar-refractivity contribution in [3.05, 3.63) is 71.8 Å². The van der Waals surface area contributed by atoms with Crippen molar-refractivity contribution in [2.75, 3.05) is 5.32 Å². The summed E-state index contributed by atoms with van der Waals surface area (Å²) in [6.07, 6.45) is -0.578. The molecule has 0 fully saturated rings. The molecule has 3 nitrogen and oxygen atoms in total. The summed E-state index contributed by atoms with van der Waals surface area (Å²) in [4.78, 5) is 12.5. The topological polar surface area (TPSA) is 38.3 Å². The fraction of sp³-hybridized carbons (Fsp3) is 0.190. The van der Waals surface area contributed by atoms with Gasteiger partial charge in [-0.2, -0.15) is 0 Å². The van der Waals surface area contributed by atoms with E-state index in [1.165, 1.54) is 5.56 Å². The fourth-order valence-corrected chi connectivity index (χ4v) is 2.74. The van der Waals surface area contributed by atoms with E-state index in [2.05, 4.69) is 5.32 Å². The molecule has 0 aliphatic rings. The second-order valence-corrected chi connectivity index (χ2v) is 6.04. The van der Waals surface area contributed by atoms with Gasteiger partial charge in [-0.3, -0.25) is 4.79 Å². The minimum Gasteiger partial charge on any atom is -0.481 e. The number of anilines is 1. The minimum absolute atomic E-state index is 0.161. The first-order valence-electron chi connectivity index (χ1n) is 8.07. The first-order valence-corrected chi connectivity index (χ1v) is 8.07. The summed E-state index contributed by atoms with van der Waals surface area (Å²) >= 11 is 0. The first-order chi connectivity index (χ1) is 11.5. The van der Waals surface area contributed by atoms with Crippen LogP contribution in [-0.4, -0.2) is 12.0 Å². The molecule has 3 heteroatoms. The number of fused-ring (bicyclic) bond motifs is 1. The number of aryl methyl sites for hydroxylation is 2. The Labute approximate surface area is 142 Å². The van der Waals surface area contributed by atoms with Gasteiger partial charge in [0.1, 0.15) is 5.75 Å². The quantitative estimate of drug-likeness (QED) is 0.745. The van der Waals surface area contributed by atoms with Crippen molar-refractivity contribution >= 4 is 22.4 Å². The van der Waals surface area contributed by atoms with Gasteiger partial charge in [-0.15, -0.1) is 0 Å². The zero-order chi connectivity index (χ0) is 17.1. The van der Waals surface area contributed by atoms with Crippen LogP contribution in [0.1, 0.15) is 18.1 Å². The predicted octanol–water partition coefficient (Wildman–Crippen LogP) is 4.86. The van der Waals surface area contributed by atoms with Gasteiger partial charge in [-0.25, -0.2) is 0 Å². The van der Waals surface area contributed by atoms with Crippen LogP contribution in [0.15, 0.2) is 60.7 Å². The Morgan fingerprint density at radius 2 is 1.75 bits per heavy atom. The molecule has 0 radical (unpaired) electrons. The van der Waals surface area contributed by atoms with E-state index < -0.39 is 6.10 Å². The third-order valence-electron chi connectivity index (χ3n) is 4.05. The molecule has 0 aromatic heterocycles. The van der Waals surface area contributed by atoms with E-state index in [0.717, 1.165) is 27.8 Å². The van der Waals surface area contributed by atoms with Gasteiger partial charge in [0, 0.05) is 11.1 Å². The molecule has 0 spiro atoms. The van der Waals surface area contributed by atoms with E-state index in [1.807, 2.05) is 74.5 Å². The lowest BCUT2D eigenvalue weighted by Crippen LogP contribution is -2.30. The summed E-state index contributed by atoms with van der Waals surface area (Å²) in [5.41, 5.74) is 3.00. The lowest BCUT2D eigenvalue weighted by Gasteiger charge is -2.17.